The molecule has 0 bridgehead atoms. The van der Waals surface area contributed by atoms with E-state index < -0.39 is 6.09 Å². The van der Waals surface area contributed by atoms with E-state index in [1.165, 1.54) is 96.3 Å². The SMILES string of the molecule is CCCCCCCCCOC(=O)CCCCCCCN(CCCCCCCC(=O)OC(CCCCCCCC)CCCCCCCC)CCCN=C(NC(=O)O)N(C)C. The average Bonchev–Trinajstić information content (AvgIpc) is 3.21. The second-order valence-electron chi connectivity index (χ2n) is 17.3. The highest BCUT2D eigenvalue weighted by molar-refractivity contribution is 5.92. The summed E-state index contributed by atoms with van der Waals surface area (Å²) in [5.74, 6) is 0.309. The van der Waals surface area contributed by atoms with Gasteiger partial charge >= 0.3 is 18.0 Å². The number of hydrogen-bond donors (Lipinski definition) is 2. The monoisotopic (exact) mass is 837 g/mol. The number of amides is 1. The second kappa shape index (κ2) is 43.7. The van der Waals surface area contributed by atoms with Crippen LogP contribution in [-0.4, -0.2) is 91.9 Å². The zero-order valence-corrected chi connectivity index (χ0v) is 39.5. The fourth-order valence-corrected chi connectivity index (χ4v) is 7.60. The minimum atomic E-state index is -1.10. The van der Waals surface area contributed by atoms with Crippen molar-refractivity contribution in [3.63, 3.8) is 0 Å². The van der Waals surface area contributed by atoms with Crippen molar-refractivity contribution in [2.75, 3.05) is 46.9 Å². The highest BCUT2D eigenvalue weighted by Gasteiger charge is 2.15. The van der Waals surface area contributed by atoms with Gasteiger partial charge in [-0.3, -0.25) is 19.9 Å². The Kier molecular flexibility index (Phi) is 42.0. The first-order chi connectivity index (χ1) is 28.7. The molecule has 0 aliphatic rings. The van der Waals surface area contributed by atoms with Crippen molar-refractivity contribution >= 4 is 24.0 Å². The van der Waals surface area contributed by atoms with Crippen LogP contribution in [0.25, 0.3) is 0 Å². The van der Waals surface area contributed by atoms with Gasteiger partial charge in [0.2, 0.25) is 5.96 Å². The molecule has 10 heteroatoms. The minimum absolute atomic E-state index is 0.00415. The summed E-state index contributed by atoms with van der Waals surface area (Å²) in [4.78, 5) is 44.8. The van der Waals surface area contributed by atoms with Gasteiger partial charge in [0.1, 0.15) is 6.10 Å². The molecule has 0 spiro atoms. The number of nitrogens with one attached hydrogen (secondary N) is 1. The van der Waals surface area contributed by atoms with Gasteiger partial charge in [-0.2, -0.15) is 0 Å². The molecule has 0 unspecified atom stereocenters. The molecule has 0 aliphatic carbocycles. The molecule has 0 heterocycles. The number of rotatable bonds is 43. The van der Waals surface area contributed by atoms with Gasteiger partial charge in [-0.05, 0) is 83.8 Å². The molecule has 0 radical (unpaired) electrons. The number of carboxylic acid groups (broad SMARTS) is 1. The third-order valence-corrected chi connectivity index (χ3v) is 11.3. The zero-order chi connectivity index (χ0) is 43.4. The molecule has 10 nitrogen and oxygen atoms in total. The van der Waals surface area contributed by atoms with Crippen molar-refractivity contribution in [3.8, 4) is 0 Å². The van der Waals surface area contributed by atoms with Crippen LogP contribution in [0.15, 0.2) is 4.99 Å². The van der Waals surface area contributed by atoms with Crippen molar-refractivity contribution in [3.05, 3.63) is 0 Å². The predicted octanol–water partition coefficient (Wildman–Crippen LogP) is 13.3. The van der Waals surface area contributed by atoms with Gasteiger partial charge in [-0.1, -0.05) is 162 Å². The summed E-state index contributed by atoms with van der Waals surface area (Å²) in [6.45, 7) is 10.9. The summed E-state index contributed by atoms with van der Waals surface area (Å²) < 4.78 is 11.5. The standard InChI is InChI=1S/C49H96N4O6/c1-6-9-12-15-18-27-34-44-58-46(54)38-30-23-19-25-32-41-53(43-35-40-50-48(52(4)5)51-49(56)57)42-33-26-20-24-31-39-47(55)59-45(36-28-21-16-13-10-7-2)37-29-22-17-14-11-8-3/h45H,6-44H2,1-5H3,(H,50,51)(H,56,57). The van der Waals surface area contributed by atoms with Crippen molar-refractivity contribution in [1.29, 1.82) is 0 Å². The van der Waals surface area contributed by atoms with E-state index in [1.807, 2.05) is 0 Å². The maximum absolute atomic E-state index is 12.8. The lowest BCUT2D eigenvalue weighted by atomic mass is 10.0. The maximum atomic E-state index is 12.8. The van der Waals surface area contributed by atoms with Gasteiger partial charge in [0.25, 0.3) is 0 Å². The summed E-state index contributed by atoms with van der Waals surface area (Å²) in [6.07, 6.45) is 37.4. The van der Waals surface area contributed by atoms with Crippen LogP contribution >= 0.6 is 0 Å². The number of guanidine groups is 1. The number of ether oxygens (including phenoxy) is 2. The Bertz CT molecular complexity index is 978. The number of unbranched alkanes of at least 4 members (excludes halogenated alkanes) is 24. The lowest BCUT2D eigenvalue weighted by Crippen LogP contribution is -2.39. The molecule has 348 valence electrons. The molecule has 0 aromatic rings. The smallest absolute Gasteiger partial charge is 0.411 e. The van der Waals surface area contributed by atoms with Gasteiger partial charge in [-0.15, -0.1) is 0 Å². The molecular formula is C49H96N4O6. The Labute approximate surface area is 364 Å². The first kappa shape index (κ1) is 56.6. The summed E-state index contributed by atoms with van der Waals surface area (Å²) in [5, 5.41) is 11.5. The van der Waals surface area contributed by atoms with Gasteiger partial charge in [-0.25, -0.2) is 4.79 Å². The highest BCUT2D eigenvalue weighted by atomic mass is 16.5. The molecule has 1 amide bonds. The van der Waals surface area contributed by atoms with Gasteiger partial charge in [0.15, 0.2) is 0 Å². The van der Waals surface area contributed by atoms with E-state index >= 15 is 0 Å². The molecule has 0 saturated heterocycles. The molecule has 0 saturated carbocycles. The van der Waals surface area contributed by atoms with E-state index in [-0.39, 0.29) is 18.0 Å². The van der Waals surface area contributed by atoms with Crippen LogP contribution in [-0.2, 0) is 19.1 Å². The van der Waals surface area contributed by atoms with Crippen molar-refractivity contribution in [2.24, 2.45) is 4.99 Å². The summed E-state index contributed by atoms with van der Waals surface area (Å²) in [6, 6.07) is 0. The fraction of sp³-hybridized carbons (Fsp3) is 0.918. The summed E-state index contributed by atoms with van der Waals surface area (Å²) >= 11 is 0. The average molecular weight is 837 g/mol. The van der Waals surface area contributed by atoms with Gasteiger partial charge in [0.05, 0.1) is 6.61 Å². The van der Waals surface area contributed by atoms with Crippen molar-refractivity contribution < 1.29 is 29.0 Å². The largest absolute Gasteiger partial charge is 0.466 e. The van der Waals surface area contributed by atoms with Crippen LogP contribution in [0.3, 0.4) is 0 Å². The number of carbonyl (C=O) groups excluding carboxylic acids is 2. The normalized spacial score (nSPS) is 11.7. The zero-order valence-electron chi connectivity index (χ0n) is 39.5. The quantitative estimate of drug-likeness (QED) is 0.0270. The van der Waals surface area contributed by atoms with E-state index in [0.29, 0.717) is 32.0 Å². The van der Waals surface area contributed by atoms with Crippen LogP contribution in [0.5, 0.6) is 0 Å². The fourth-order valence-electron chi connectivity index (χ4n) is 7.60. The third-order valence-electron chi connectivity index (χ3n) is 11.3. The number of aliphatic imine (C=N–C) groups is 1. The van der Waals surface area contributed by atoms with Gasteiger partial charge < -0.3 is 24.4 Å². The van der Waals surface area contributed by atoms with Gasteiger partial charge in [0, 0.05) is 33.5 Å². The molecule has 0 fully saturated rings. The predicted molar refractivity (Wildman–Crippen MR) is 248 cm³/mol. The molecule has 0 aromatic heterocycles. The molecule has 0 rings (SSSR count). The van der Waals surface area contributed by atoms with Crippen molar-refractivity contribution in [2.45, 2.75) is 245 Å². The van der Waals surface area contributed by atoms with Crippen LogP contribution in [0, 0.1) is 0 Å². The third kappa shape index (κ3) is 40.8. The maximum Gasteiger partial charge on any atom is 0.411 e. The first-order valence-corrected chi connectivity index (χ1v) is 25.0. The van der Waals surface area contributed by atoms with E-state index in [4.69, 9.17) is 14.6 Å². The summed E-state index contributed by atoms with van der Waals surface area (Å²) in [5.41, 5.74) is 0. The number of hydrogen-bond acceptors (Lipinski definition) is 7. The second-order valence-corrected chi connectivity index (χ2v) is 17.3. The van der Waals surface area contributed by atoms with E-state index in [1.54, 1.807) is 19.0 Å². The van der Waals surface area contributed by atoms with Crippen LogP contribution in [0.2, 0.25) is 0 Å². The molecule has 0 aromatic carbocycles. The molecule has 2 N–H and O–H groups in total. The number of nitrogens with zero attached hydrogens (tertiary/aromatic N) is 3. The lowest BCUT2D eigenvalue weighted by Gasteiger charge is -2.22. The van der Waals surface area contributed by atoms with Crippen LogP contribution in [0.4, 0.5) is 4.79 Å². The number of carbonyl (C=O) groups is 3. The van der Waals surface area contributed by atoms with E-state index in [0.717, 1.165) is 129 Å². The minimum Gasteiger partial charge on any atom is -0.466 e. The topological polar surface area (TPSA) is 121 Å². The highest BCUT2D eigenvalue weighted by Crippen LogP contribution is 2.19. The summed E-state index contributed by atoms with van der Waals surface area (Å²) in [7, 11) is 3.57. The molecule has 59 heavy (non-hydrogen) atoms. The molecule has 0 aliphatic heterocycles. The van der Waals surface area contributed by atoms with Crippen molar-refractivity contribution in [1.82, 2.24) is 15.1 Å². The molecule has 0 atom stereocenters. The first-order valence-electron chi connectivity index (χ1n) is 25.0. The Hall–Kier alpha value is -2.36. The van der Waals surface area contributed by atoms with E-state index in [9.17, 15) is 14.4 Å². The number of esters is 2. The van der Waals surface area contributed by atoms with E-state index in [2.05, 4.69) is 36.0 Å². The Morgan fingerprint density at radius 1 is 0.525 bits per heavy atom. The van der Waals surface area contributed by atoms with Crippen LogP contribution in [0.1, 0.15) is 239 Å². The Morgan fingerprint density at radius 2 is 0.932 bits per heavy atom. The Morgan fingerprint density at radius 3 is 1.41 bits per heavy atom. The Balaban J connectivity index is 4.57. The van der Waals surface area contributed by atoms with Crippen LogP contribution < -0.4 is 5.32 Å². The lowest BCUT2D eigenvalue weighted by molar-refractivity contribution is -0.150. The molecular weight excluding hydrogens is 741 g/mol.